The summed E-state index contributed by atoms with van der Waals surface area (Å²) in [5.74, 6) is 6.05. The molecule has 0 saturated heterocycles. The second-order valence-corrected chi connectivity index (χ2v) is 8.41. The molecule has 0 spiro atoms. The molecular formula is C27H33N5S. The average Bonchev–Trinajstić information content (AvgIpc) is 2.86. The Labute approximate surface area is 202 Å². The maximum atomic E-state index is 6.07. The first-order valence-corrected chi connectivity index (χ1v) is 11.9. The van der Waals surface area contributed by atoms with Crippen molar-refractivity contribution in [2.24, 2.45) is 11.6 Å². The Balaban J connectivity index is 1.31. The maximum absolute atomic E-state index is 6.07. The van der Waals surface area contributed by atoms with Crippen molar-refractivity contribution in [1.82, 2.24) is 15.3 Å². The molecule has 3 rings (SSSR count). The molecule has 0 aliphatic rings. The fraction of sp³-hybridized carbons (Fsp3) is 0.259. The highest BCUT2D eigenvalue weighted by molar-refractivity contribution is 7.80. The van der Waals surface area contributed by atoms with E-state index < -0.39 is 0 Å². The van der Waals surface area contributed by atoms with Crippen molar-refractivity contribution < 1.29 is 0 Å². The zero-order valence-electron chi connectivity index (χ0n) is 19.0. The molecule has 0 saturated carbocycles. The van der Waals surface area contributed by atoms with Gasteiger partial charge in [-0.25, -0.2) is 5.84 Å². The van der Waals surface area contributed by atoms with Gasteiger partial charge in [-0.1, -0.05) is 86.1 Å². The van der Waals surface area contributed by atoms with Gasteiger partial charge in [-0.15, -0.1) is 0 Å². The molecule has 0 atom stereocenters. The molecule has 3 aromatic rings. The molecule has 0 amide bonds. The fourth-order valence-electron chi connectivity index (χ4n) is 3.65. The number of pyridine rings is 1. The Bertz CT molecular complexity index is 1020. The van der Waals surface area contributed by atoms with Crippen LogP contribution in [0, 0.1) is 0 Å². The van der Waals surface area contributed by atoms with E-state index in [1.165, 1.54) is 17.5 Å². The molecule has 0 bridgehead atoms. The normalized spacial score (nSPS) is 11.2. The van der Waals surface area contributed by atoms with Crippen LogP contribution < -0.4 is 16.9 Å². The number of nitrogens with zero attached hydrogens (tertiary/aromatic N) is 2. The van der Waals surface area contributed by atoms with Gasteiger partial charge in [-0.05, 0) is 36.1 Å². The highest BCUT2D eigenvalue weighted by Crippen LogP contribution is 2.23. The van der Waals surface area contributed by atoms with Crippen LogP contribution in [0.4, 0.5) is 0 Å². The first-order valence-electron chi connectivity index (χ1n) is 11.5. The summed E-state index contributed by atoms with van der Waals surface area (Å²) in [7, 11) is 0. The van der Waals surface area contributed by atoms with Gasteiger partial charge in [0.05, 0.1) is 5.70 Å². The van der Waals surface area contributed by atoms with Crippen molar-refractivity contribution in [2.45, 2.75) is 32.1 Å². The van der Waals surface area contributed by atoms with Gasteiger partial charge >= 0.3 is 0 Å². The lowest BCUT2D eigenvalue weighted by Crippen LogP contribution is -2.27. The Morgan fingerprint density at radius 2 is 1.64 bits per heavy atom. The first-order chi connectivity index (χ1) is 16.1. The van der Waals surface area contributed by atoms with E-state index in [1.54, 1.807) is 23.6 Å². The lowest BCUT2D eigenvalue weighted by molar-refractivity contribution is 0.377. The minimum Gasteiger partial charge on any atom is -0.397 e. The monoisotopic (exact) mass is 459 g/mol. The van der Waals surface area contributed by atoms with E-state index >= 15 is 0 Å². The van der Waals surface area contributed by atoms with Crippen LogP contribution in [-0.2, 0) is 0 Å². The van der Waals surface area contributed by atoms with Crippen molar-refractivity contribution in [3.05, 3.63) is 96.5 Å². The molecule has 5 nitrogen and oxygen atoms in total. The highest BCUT2D eigenvalue weighted by atomic mass is 32.1. The molecule has 6 heteroatoms. The molecule has 33 heavy (non-hydrogen) atoms. The summed E-state index contributed by atoms with van der Waals surface area (Å²) >= 11 is 5.68. The van der Waals surface area contributed by atoms with Crippen LogP contribution in [0.15, 0.2) is 85.3 Å². The van der Waals surface area contributed by atoms with Crippen LogP contribution >= 0.6 is 12.2 Å². The van der Waals surface area contributed by atoms with Gasteiger partial charge in [0.2, 0.25) is 0 Å². The van der Waals surface area contributed by atoms with Gasteiger partial charge < -0.3 is 16.1 Å². The standard InChI is InChI=1S/C27H33N5S/c28-26(23-14-11-17-30-20-23)21-32(29)19-10-3-1-2-9-18-31-27(33)25-16-8-7-15-24(25)22-12-5-4-6-13-22/h4-8,11-17,20-21H,1-3,9-10,18-19,28-29H2,(H,31,33)/b26-21-. The van der Waals surface area contributed by atoms with Gasteiger partial charge in [0.1, 0.15) is 4.99 Å². The second-order valence-electron chi connectivity index (χ2n) is 8.00. The molecule has 0 aliphatic heterocycles. The SMILES string of the molecule is N/C(=C\N(N)CCCCCCCNC(=S)c1ccccc1-c1ccccc1)c1cccnc1. The minimum absolute atomic E-state index is 0.626. The van der Waals surface area contributed by atoms with Crippen LogP contribution in [0.2, 0.25) is 0 Å². The predicted molar refractivity (Wildman–Crippen MR) is 142 cm³/mol. The van der Waals surface area contributed by atoms with E-state index in [0.29, 0.717) is 5.70 Å². The third-order valence-electron chi connectivity index (χ3n) is 5.43. The third-order valence-corrected chi connectivity index (χ3v) is 5.80. The lowest BCUT2D eigenvalue weighted by Gasteiger charge is -2.15. The summed E-state index contributed by atoms with van der Waals surface area (Å²) in [4.78, 5) is 4.89. The molecule has 0 fully saturated rings. The summed E-state index contributed by atoms with van der Waals surface area (Å²) < 4.78 is 0. The van der Waals surface area contributed by atoms with Crippen molar-refractivity contribution >= 4 is 22.9 Å². The number of nitrogens with two attached hydrogens (primary N) is 2. The van der Waals surface area contributed by atoms with Crippen molar-refractivity contribution in [3.8, 4) is 11.1 Å². The molecular weight excluding hydrogens is 426 g/mol. The minimum atomic E-state index is 0.626. The van der Waals surface area contributed by atoms with Crippen LogP contribution in [0.3, 0.4) is 0 Å². The Morgan fingerprint density at radius 1 is 0.909 bits per heavy atom. The van der Waals surface area contributed by atoms with Crippen LogP contribution in [0.5, 0.6) is 0 Å². The summed E-state index contributed by atoms with van der Waals surface area (Å²) in [6, 6.07) is 22.5. The molecule has 0 radical (unpaired) electrons. The Morgan fingerprint density at radius 3 is 2.42 bits per heavy atom. The number of nitrogens with one attached hydrogen (secondary N) is 1. The fourth-order valence-corrected chi connectivity index (χ4v) is 3.93. The number of unbranched alkanes of at least 4 members (excludes halogenated alkanes) is 4. The van der Waals surface area contributed by atoms with Crippen LogP contribution in [0.25, 0.3) is 16.8 Å². The number of aromatic nitrogens is 1. The summed E-state index contributed by atoms with van der Waals surface area (Å²) in [6.07, 6.45) is 10.8. The predicted octanol–water partition coefficient (Wildman–Crippen LogP) is 5.10. The van der Waals surface area contributed by atoms with E-state index in [9.17, 15) is 0 Å². The first kappa shape index (κ1) is 24.4. The van der Waals surface area contributed by atoms with Gasteiger partial charge in [-0.3, -0.25) is 4.98 Å². The van der Waals surface area contributed by atoms with Gasteiger partial charge in [0.25, 0.3) is 0 Å². The number of hydrogen-bond donors (Lipinski definition) is 3. The van der Waals surface area contributed by atoms with E-state index in [2.05, 4.69) is 52.8 Å². The van der Waals surface area contributed by atoms with Gasteiger partial charge in [0.15, 0.2) is 0 Å². The number of thiocarbonyl (C=S) groups is 1. The zero-order valence-corrected chi connectivity index (χ0v) is 19.8. The van der Waals surface area contributed by atoms with Gasteiger partial charge in [0, 0.05) is 42.8 Å². The van der Waals surface area contributed by atoms with Crippen molar-refractivity contribution in [2.75, 3.05) is 13.1 Å². The lowest BCUT2D eigenvalue weighted by atomic mass is 9.99. The maximum Gasteiger partial charge on any atom is 0.107 e. The zero-order chi connectivity index (χ0) is 23.3. The molecule has 0 unspecified atom stereocenters. The van der Waals surface area contributed by atoms with E-state index in [0.717, 1.165) is 54.9 Å². The summed E-state index contributed by atoms with van der Waals surface area (Å²) in [6.45, 7) is 1.66. The Hall–Kier alpha value is -3.22. The summed E-state index contributed by atoms with van der Waals surface area (Å²) in [5.41, 5.74) is 11.0. The number of hydrazine groups is 1. The number of benzene rings is 2. The molecule has 5 N–H and O–H groups in total. The van der Waals surface area contributed by atoms with E-state index in [4.69, 9.17) is 23.8 Å². The molecule has 2 aromatic carbocycles. The summed E-state index contributed by atoms with van der Waals surface area (Å²) in [5, 5.41) is 5.09. The quantitative estimate of drug-likeness (QED) is 0.151. The third kappa shape index (κ3) is 8.00. The highest BCUT2D eigenvalue weighted by Gasteiger charge is 2.08. The van der Waals surface area contributed by atoms with Crippen LogP contribution in [-0.4, -0.2) is 28.1 Å². The smallest absolute Gasteiger partial charge is 0.107 e. The van der Waals surface area contributed by atoms with Crippen molar-refractivity contribution in [3.63, 3.8) is 0 Å². The molecule has 1 heterocycles. The average molecular weight is 460 g/mol. The van der Waals surface area contributed by atoms with Crippen molar-refractivity contribution in [1.29, 1.82) is 0 Å². The number of rotatable bonds is 12. The second kappa shape index (κ2) is 13.4. The largest absolute Gasteiger partial charge is 0.397 e. The molecule has 1 aromatic heterocycles. The Kier molecular flexibility index (Phi) is 9.88. The van der Waals surface area contributed by atoms with Crippen LogP contribution in [0.1, 0.15) is 43.2 Å². The topological polar surface area (TPSA) is 80.2 Å². The van der Waals surface area contributed by atoms with Gasteiger partial charge in [-0.2, -0.15) is 0 Å². The van der Waals surface area contributed by atoms with E-state index in [-0.39, 0.29) is 0 Å². The molecule has 172 valence electrons. The molecule has 0 aliphatic carbocycles. The van der Waals surface area contributed by atoms with E-state index in [1.807, 2.05) is 24.3 Å². The number of hydrogen-bond acceptors (Lipinski definition) is 5.